The molecule has 0 atom stereocenters. The Hall–Kier alpha value is -1.77. The van der Waals surface area contributed by atoms with Gasteiger partial charge in [-0.25, -0.2) is 0 Å². The second kappa shape index (κ2) is 10.1. The molecule has 0 saturated carbocycles. The monoisotopic (exact) mass is 429 g/mol. The van der Waals surface area contributed by atoms with Crippen LogP contribution in [-0.2, 0) is 20.0 Å². The fourth-order valence-corrected chi connectivity index (χ4v) is 2.12. The minimum absolute atomic E-state index is 0. The number of aliphatic imine (C=N–C) groups is 1. The van der Waals surface area contributed by atoms with Crippen LogP contribution in [-0.4, -0.2) is 36.4 Å². The van der Waals surface area contributed by atoms with E-state index in [1.54, 1.807) is 14.2 Å². The van der Waals surface area contributed by atoms with Crippen molar-refractivity contribution >= 4 is 29.9 Å². The first kappa shape index (κ1) is 19.3. The van der Waals surface area contributed by atoms with Gasteiger partial charge in [-0.2, -0.15) is 5.10 Å². The maximum absolute atomic E-state index is 5.22. The molecule has 0 spiro atoms. The zero-order valence-corrected chi connectivity index (χ0v) is 16.1. The molecule has 2 rings (SSSR count). The third-order valence-electron chi connectivity index (χ3n) is 3.28. The van der Waals surface area contributed by atoms with Gasteiger partial charge < -0.3 is 15.4 Å². The van der Waals surface area contributed by atoms with Gasteiger partial charge in [0.1, 0.15) is 5.75 Å². The Bertz CT molecular complexity index is 626. The fraction of sp³-hybridized carbons (Fsp3) is 0.375. The van der Waals surface area contributed by atoms with Gasteiger partial charge in [0.05, 0.1) is 13.3 Å². The number of benzene rings is 1. The SMILES string of the molecule is CN=C(NCCc1cnn(C)c1)NCc1cccc(OC)c1.I. The Morgan fingerprint density at radius 3 is 2.78 bits per heavy atom. The predicted molar refractivity (Wildman–Crippen MR) is 104 cm³/mol. The maximum atomic E-state index is 5.22. The number of aryl methyl sites for hydroxylation is 1. The molecular weight excluding hydrogens is 405 g/mol. The topological polar surface area (TPSA) is 63.5 Å². The standard InChI is InChI=1S/C16H23N5O.HI/c1-17-16(18-8-7-14-11-20-21(2)12-14)19-10-13-5-4-6-15(9-13)22-3;/h4-6,9,11-12H,7-8,10H2,1-3H3,(H2,17,18,19);1H. The van der Waals surface area contributed by atoms with Crippen LogP contribution in [0.15, 0.2) is 41.7 Å². The van der Waals surface area contributed by atoms with Gasteiger partial charge in [0.2, 0.25) is 0 Å². The number of methoxy groups -OCH3 is 1. The zero-order valence-electron chi connectivity index (χ0n) is 13.7. The summed E-state index contributed by atoms with van der Waals surface area (Å²) in [6, 6.07) is 7.98. The van der Waals surface area contributed by atoms with Crippen molar-refractivity contribution in [3.63, 3.8) is 0 Å². The van der Waals surface area contributed by atoms with Crippen LogP contribution >= 0.6 is 24.0 Å². The van der Waals surface area contributed by atoms with Crippen LogP contribution in [0.1, 0.15) is 11.1 Å². The molecule has 2 N–H and O–H groups in total. The Morgan fingerprint density at radius 1 is 1.30 bits per heavy atom. The van der Waals surface area contributed by atoms with Crippen molar-refractivity contribution in [3.05, 3.63) is 47.8 Å². The fourth-order valence-electron chi connectivity index (χ4n) is 2.12. The van der Waals surface area contributed by atoms with Gasteiger partial charge in [-0.3, -0.25) is 9.67 Å². The molecule has 0 amide bonds. The number of halogens is 1. The van der Waals surface area contributed by atoms with Gasteiger partial charge in [0.15, 0.2) is 5.96 Å². The van der Waals surface area contributed by atoms with Gasteiger partial charge in [-0.05, 0) is 29.7 Å². The first-order valence-corrected chi connectivity index (χ1v) is 7.26. The number of hydrogen-bond donors (Lipinski definition) is 2. The highest BCUT2D eigenvalue weighted by Gasteiger charge is 2.01. The minimum Gasteiger partial charge on any atom is -0.497 e. The van der Waals surface area contributed by atoms with E-state index in [2.05, 4.69) is 26.8 Å². The van der Waals surface area contributed by atoms with E-state index in [0.29, 0.717) is 6.54 Å². The summed E-state index contributed by atoms with van der Waals surface area (Å²) in [5, 5.41) is 10.7. The lowest BCUT2D eigenvalue weighted by molar-refractivity contribution is 0.414. The second-order valence-corrected chi connectivity index (χ2v) is 4.98. The molecule has 0 aliphatic heterocycles. The first-order valence-electron chi connectivity index (χ1n) is 7.26. The molecule has 126 valence electrons. The molecular formula is C16H24IN5O. The summed E-state index contributed by atoms with van der Waals surface area (Å²) in [6.45, 7) is 1.51. The van der Waals surface area contributed by atoms with E-state index in [0.717, 1.165) is 30.2 Å². The molecule has 7 heteroatoms. The highest BCUT2D eigenvalue weighted by Crippen LogP contribution is 2.11. The van der Waals surface area contributed by atoms with E-state index in [-0.39, 0.29) is 24.0 Å². The summed E-state index contributed by atoms with van der Waals surface area (Å²) < 4.78 is 7.03. The third kappa shape index (κ3) is 6.47. The van der Waals surface area contributed by atoms with E-state index in [9.17, 15) is 0 Å². The van der Waals surface area contributed by atoms with Crippen LogP contribution in [0.4, 0.5) is 0 Å². The Labute approximate surface area is 154 Å². The normalized spacial score (nSPS) is 10.8. The van der Waals surface area contributed by atoms with Crippen LogP contribution in [0.5, 0.6) is 5.75 Å². The molecule has 0 aliphatic carbocycles. The van der Waals surface area contributed by atoms with Gasteiger partial charge >= 0.3 is 0 Å². The smallest absolute Gasteiger partial charge is 0.191 e. The number of nitrogens with one attached hydrogen (secondary N) is 2. The first-order chi connectivity index (χ1) is 10.7. The molecule has 0 aliphatic rings. The van der Waals surface area contributed by atoms with Crippen molar-refractivity contribution in [1.82, 2.24) is 20.4 Å². The number of rotatable bonds is 6. The lowest BCUT2D eigenvalue weighted by Crippen LogP contribution is -2.37. The number of guanidine groups is 1. The molecule has 1 aromatic heterocycles. The van der Waals surface area contributed by atoms with E-state index in [1.165, 1.54) is 5.56 Å². The molecule has 0 saturated heterocycles. The Morgan fingerprint density at radius 2 is 2.13 bits per heavy atom. The van der Waals surface area contributed by atoms with E-state index in [4.69, 9.17) is 4.74 Å². The van der Waals surface area contributed by atoms with Crippen molar-refractivity contribution < 1.29 is 4.74 Å². The summed E-state index contributed by atoms with van der Waals surface area (Å²) in [5.41, 5.74) is 2.35. The quantitative estimate of drug-likeness (QED) is 0.419. The number of ether oxygens (including phenoxy) is 1. The van der Waals surface area contributed by atoms with Crippen molar-refractivity contribution in [2.45, 2.75) is 13.0 Å². The van der Waals surface area contributed by atoms with Crippen LogP contribution in [0.2, 0.25) is 0 Å². The number of nitrogens with zero attached hydrogens (tertiary/aromatic N) is 3. The van der Waals surface area contributed by atoms with Crippen LogP contribution in [0.25, 0.3) is 0 Å². The summed E-state index contributed by atoms with van der Waals surface area (Å²) >= 11 is 0. The summed E-state index contributed by atoms with van der Waals surface area (Å²) in [7, 11) is 5.36. The molecule has 6 nitrogen and oxygen atoms in total. The van der Waals surface area contributed by atoms with E-state index < -0.39 is 0 Å². The second-order valence-electron chi connectivity index (χ2n) is 4.98. The van der Waals surface area contributed by atoms with Crippen LogP contribution < -0.4 is 15.4 Å². The molecule has 1 heterocycles. The van der Waals surface area contributed by atoms with E-state index >= 15 is 0 Å². The van der Waals surface area contributed by atoms with Crippen LogP contribution in [0.3, 0.4) is 0 Å². The average molecular weight is 429 g/mol. The Balaban J connectivity index is 0.00000264. The van der Waals surface area contributed by atoms with Gasteiger partial charge in [0.25, 0.3) is 0 Å². The van der Waals surface area contributed by atoms with Gasteiger partial charge in [-0.1, -0.05) is 12.1 Å². The highest BCUT2D eigenvalue weighted by atomic mass is 127. The van der Waals surface area contributed by atoms with Crippen molar-refractivity contribution in [2.75, 3.05) is 20.7 Å². The zero-order chi connectivity index (χ0) is 15.8. The van der Waals surface area contributed by atoms with Crippen molar-refractivity contribution in [1.29, 1.82) is 0 Å². The van der Waals surface area contributed by atoms with Crippen molar-refractivity contribution in [2.24, 2.45) is 12.0 Å². The number of aromatic nitrogens is 2. The third-order valence-corrected chi connectivity index (χ3v) is 3.28. The van der Waals surface area contributed by atoms with Crippen molar-refractivity contribution in [3.8, 4) is 5.75 Å². The summed E-state index contributed by atoms with van der Waals surface area (Å²) in [4.78, 5) is 4.22. The molecule has 0 radical (unpaired) electrons. The predicted octanol–water partition coefficient (Wildman–Crippen LogP) is 1.95. The van der Waals surface area contributed by atoms with E-state index in [1.807, 2.05) is 42.3 Å². The van der Waals surface area contributed by atoms with Gasteiger partial charge in [-0.15, -0.1) is 24.0 Å². The largest absolute Gasteiger partial charge is 0.497 e. The lowest BCUT2D eigenvalue weighted by Gasteiger charge is -2.12. The Kier molecular flexibility index (Phi) is 8.46. The molecule has 0 fully saturated rings. The average Bonchev–Trinajstić information content (AvgIpc) is 2.96. The molecule has 23 heavy (non-hydrogen) atoms. The highest BCUT2D eigenvalue weighted by molar-refractivity contribution is 14.0. The molecule has 0 bridgehead atoms. The molecule has 0 unspecified atom stereocenters. The molecule has 1 aromatic carbocycles. The molecule has 2 aromatic rings. The minimum atomic E-state index is 0. The summed E-state index contributed by atoms with van der Waals surface area (Å²) in [5.74, 6) is 1.64. The number of hydrogen-bond acceptors (Lipinski definition) is 3. The summed E-state index contributed by atoms with van der Waals surface area (Å²) in [6.07, 6.45) is 4.82. The lowest BCUT2D eigenvalue weighted by atomic mass is 10.2. The van der Waals surface area contributed by atoms with Gasteiger partial charge in [0, 0.05) is 33.4 Å². The maximum Gasteiger partial charge on any atom is 0.191 e. The van der Waals surface area contributed by atoms with Crippen LogP contribution in [0, 0.1) is 0 Å².